The molecule has 0 radical (unpaired) electrons. The standard InChI is InChI=1S/C21H26ClN3O4/c1-12-8-9-13-17(16(12)19(27)23-2)21(29)25(10-5-11-26)18(13)20(28)24-15-7-4-3-6-14(15)22/h3-4,6-9,12-13,16-18,26H,5,10-11H2,1-2H3,(H,23,27)(H,24,28)/t12-,13+,16-,17+,18+/m1/s1. The number of nitrogens with one attached hydrogen (secondary N) is 2. The molecule has 1 aromatic rings. The van der Waals surface area contributed by atoms with Crippen LogP contribution in [0.15, 0.2) is 36.4 Å². The maximum absolute atomic E-state index is 13.3. The number of hydrogen-bond acceptors (Lipinski definition) is 4. The van der Waals surface area contributed by atoms with Gasteiger partial charge in [0.15, 0.2) is 0 Å². The number of aliphatic hydroxyl groups is 1. The molecule has 0 saturated carbocycles. The Morgan fingerprint density at radius 3 is 2.59 bits per heavy atom. The quantitative estimate of drug-likeness (QED) is 0.611. The van der Waals surface area contributed by atoms with Gasteiger partial charge in [0, 0.05) is 26.1 Å². The van der Waals surface area contributed by atoms with E-state index in [9.17, 15) is 19.5 Å². The summed E-state index contributed by atoms with van der Waals surface area (Å²) in [6.07, 6.45) is 4.13. The first kappa shape index (κ1) is 21.3. The van der Waals surface area contributed by atoms with E-state index in [0.29, 0.717) is 17.1 Å². The number of rotatable bonds is 6. The lowest BCUT2D eigenvalue weighted by atomic mass is 9.70. The topological polar surface area (TPSA) is 98.7 Å². The van der Waals surface area contributed by atoms with Crippen LogP contribution in [0.3, 0.4) is 0 Å². The first-order chi connectivity index (χ1) is 13.9. The van der Waals surface area contributed by atoms with Gasteiger partial charge in [0.25, 0.3) is 0 Å². The van der Waals surface area contributed by atoms with E-state index in [1.165, 1.54) is 4.90 Å². The average Bonchev–Trinajstić information content (AvgIpc) is 2.99. The SMILES string of the molecule is CNC(=O)[C@H]1[C@H]2C(=O)N(CCCO)[C@H](C(=O)Nc3ccccc3Cl)[C@H]2C=C[C@H]1C. The molecule has 1 aromatic carbocycles. The lowest BCUT2D eigenvalue weighted by Crippen LogP contribution is -2.45. The normalized spacial score (nSPS) is 28.2. The predicted molar refractivity (Wildman–Crippen MR) is 110 cm³/mol. The molecule has 1 aliphatic heterocycles. The van der Waals surface area contributed by atoms with Crippen molar-refractivity contribution in [3.63, 3.8) is 0 Å². The summed E-state index contributed by atoms with van der Waals surface area (Å²) in [5, 5.41) is 15.1. The maximum atomic E-state index is 13.3. The number of fused-ring (bicyclic) bond motifs is 1. The van der Waals surface area contributed by atoms with Gasteiger partial charge in [-0.1, -0.05) is 42.8 Å². The number of para-hydroxylation sites is 1. The van der Waals surface area contributed by atoms with Crippen molar-refractivity contribution in [1.82, 2.24) is 10.2 Å². The van der Waals surface area contributed by atoms with E-state index in [-0.39, 0.29) is 36.8 Å². The van der Waals surface area contributed by atoms with Gasteiger partial charge in [0.1, 0.15) is 6.04 Å². The van der Waals surface area contributed by atoms with Crippen molar-refractivity contribution in [2.45, 2.75) is 19.4 Å². The molecule has 5 atom stereocenters. The molecule has 0 aromatic heterocycles. The highest BCUT2D eigenvalue weighted by atomic mass is 35.5. The number of nitrogens with zero attached hydrogens (tertiary/aromatic N) is 1. The van der Waals surface area contributed by atoms with Crippen LogP contribution in [0, 0.1) is 23.7 Å². The summed E-state index contributed by atoms with van der Waals surface area (Å²) in [6.45, 7) is 2.05. The van der Waals surface area contributed by atoms with Gasteiger partial charge < -0.3 is 20.6 Å². The largest absolute Gasteiger partial charge is 0.396 e. The smallest absolute Gasteiger partial charge is 0.247 e. The molecule has 3 N–H and O–H groups in total. The van der Waals surface area contributed by atoms with Gasteiger partial charge in [-0.3, -0.25) is 14.4 Å². The third-order valence-corrected chi connectivity index (χ3v) is 6.11. The fraction of sp³-hybridized carbons (Fsp3) is 0.476. The summed E-state index contributed by atoms with van der Waals surface area (Å²) in [4.78, 5) is 40.5. The van der Waals surface area contributed by atoms with E-state index in [1.807, 2.05) is 19.1 Å². The van der Waals surface area contributed by atoms with Crippen LogP contribution in [0.5, 0.6) is 0 Å². The highest BCUT2D eigenvalue weighted by molar-refractivity contribution is 6.33. The summed E-state index contributed by atoms with van der Waals surface area (Å²) in [5.41, 5.74) is 0.466. The third kappa shape index (κ3) is 4.02. The minimum Gasteiger partial charge on any atom is -0.396 e. The number of hydrogen-bond donors (Lipinski definition) is 3. The molecule has 1 saturated heterocycles. The number of carbonyl (C=O) groups is 3. The van der Waals surface area contributed by atoms with Crippen LogP contribution in [-0.2, 0) is 14.4 Å². The van der Waals surface area contributed by atoms with Crippen LogP contribution in [0.25, 0.3) is 0 Å². The molecule has 7 nitrogen and oxygen atoms in total. The first-order valence-electron chi connectivity index (χ1n) is 9.77. The molecule has 8 heteroatoms. The minimum absolute atomic E-state index is 0.0942. The number of carbonyl (C=O) groups excluding carboxylic acids is 3. The zero-order valence-electron chi connectivity index (χ0n) is 16.5. The number of aliphatic hydroxyl groups excluding tert-OH is 1. The van der Waals surface area contributed by atoms with E-state index in [0.717, 1.165) is 0 Å². The molecular formula is C21H26ClN3O4. The molecular weight excluding hydrogens is 394 g/mol. The number of halogens is 1. The summed E-state index contributed by atoms with van der Waals surface area (Å²) in [6, 6.07) is 6.12. The summed E-state index contributed by atoms with van der Waals surface area (Å²) < 4.78 is 0. The second kappa shape index (κ2) is 8.97. The van der Waals surface area contributed by atoms with Crippen LogP contribution in [0.1, 0.15) is 13.3 Å². The molecule has 29 heavy (non-hydrogen) atoms. The lowest BCUT2D eigenvalue weighted by molar-refractivity contribution is -0.140. The van der Waals surface area contributed by atoms with Crippen molar-refractivity contribution >= 4 is 35.0 Å². The number of allylic oxidation sites excluding steroid dienone is 1. The molecule has 156 valence electrons. The fourth-order valence-corrected chi connectivity index (χ4v) is 4.59. The highest BCUT2D eigenvalue weighted by Gasteiger charge is 2.56. The van der Waals surface area contributed by atoms with Crippen LogP contribution >= 0.6 is 11.6 Å². The fourth-order valence-electron chi connectivity index (χ4n) is 4.41. The van der Waals surface area contributed by atoms with E-state index in [4.69, 9.17) is 11.6 Å². The molecule has 0 unspecified atom stereocenters. The Morgan fingerprint density at radius 1 is 1.21 bits per heavy atom. The van der Waals surface area contributed by atoms with Gasteiger partial charge in [-0.25, -0.2) is 0 Å². The minimum atomic E-state index is -0.772. The van der Waals surface area contributed by atoms with Gasteiger partial charge in [-0.05, 0) is 24.5 Å². The zero-order valence-corrected chi connectivity index (χ0v) is 17.2. The molecule has 3 amide bonds. The Balaban J connectivity index is 1.95. The van der Waals surface area contributed by atoms with Gasteiger partial charge in [0.05, 0.1) is 22.5 Å². The van der Waals surface area contributed by atoms with Crippen molar-refractivity contribution in [1.29, 1.82) is 0 Å². The van der Waals surface area contributed by atoms with Crippen LogP contribution in [-0.4, -0.2) is 54.0 Å². The van der Waals surface area contributed by atoms with Gasteiger partial charge in [-0.15, -0.1) is 0 Å². The molecule has 1 fully saturated rings. The average molecular weight is 420 g/mol. The second-order valence-electron chi connectivity index (χ2n) is 7.51. The van der Waals surface area contributed by atoms with Crippen molar-refractivity contribution in [3.05, 3.63) is 41.4 Å². The molecule has 1 heterocycles. The van der Waals surface area contributed by atoms with E-state index in [1.54, 1.807) is 31.3 Å². The van der Waals surface area contributed by atoms with E-state index >= 15 is 0 Å². The number of likely N-dealkylation sites (tertiary alicyclic amines) is 1. The maximum Gasteiger partial charge on any atom is 0.247 e. The highest BCUT2D eigenvalue weighted by Crippen LogP contribution is 2.44. The van der Waals surface area contributed by atoms with Crippen LogP contribution in [0.4, 0.5) is 5.69 Å². The molecule has 2 aliphatic rings. The summed E-state index contributed by atoms with van der Waals surface area (Å²) >= 11 is 6.17. The molecule has 3 rings (SSSR count). The number of anilines is 1. The van der Waals surface area contributed by atoms with Gasteiger partial charge in [0.2, 0.25) is 17.7 Å². The lowest BCUT2D eigenvalue weighted by Gasteiger charge is -2.32. The van der Waals surface area contributed by atoms with Gasteiger partial charge >= 0.3 is 0 Å². The second-order valence-corrected chi connectivity index (χ2v) is 7.92. The van der Waals surface area contributed by atoms with E-state index in [2.05, 4.69) is 10.6 Å². The van der Waals surface area contributed by atoms with Gasteiger partial charge in [-0.2, -0.15) is 0 Å². The summed E-state index contributed by atoms with van der Waals surface area (Å²) in [5.74, 6) is -2.50. The molecule has 1 aliphatic carbocycles. The van der Waals surface area contributed by atoms with Crippen molar-refractivity contribution in [2.75, 3.05) is 25.5 Å². The van der Waals surface area contributed by atoms with Crippen molar-refractivity contribution < 1.29 is 19.5 Å². The van der Waals surface area contributed by atoms with Crippen molar-refractivity contribution in [3.8, 4) is 0 Å². The third-order valence-electron chi connectivity index (χ3n) is 5.78. The Bertz CT molecular complexity index is 828. The Kier molecular flexibility index (Phi) is 6.59. The Labute approximate surface area is 175 Å². The summed E-state index contributed by atoms with van der Waals surface area (Å²) in [7, 11) is 1.55. The number of amides is 3. The predicted octanol–water partition coefficient (Wildman–Crippen LogP) is 1.67. The van der Waals surface area contributed by atoms with Crippen molar-refractivity contribution in [2.24, 2.45) is 23.7 Å². The van der Waals surface area contributed by atoms with Crippen LogP contribution in [0.2, 0.25) is 5.02 Å². The van der Waals surface area contributed by atoms with Crippen LogP contribution < -0.4 is 10.6 Å². The Hall–Kier alpha value is -2.38. The van der Waals surface area contributed by atoms with E-state index < -0.39 is 23.8 Å². The first-order valence-corrected chi connectivity index (χ1v) is 10.1. The zero-order chi connectivity index (χ0) is 21.1. The monoisotopic (exact) mass is 419 g/mol. The molecule has 0 bridgehead atoms. The Morgan fingerprint density at radius 2 is 1.93 bits per heavy atom. The molecule has 0 spiro atoms. The number of benzene rings is 1.